The van der Waals surface area contributed by atoms with Crippen LogP contribution in [0.1, 0.15) is 45.0 Å². The highest BCUT2D eigenvalue weighted by molar-refractivity contribution is 9.10. The summed E-state index contributed by atoms with van der Waals surface area (Å²) in [5.74, 6) is 0.0359. The zero-order chi connectivity index (χ0) is 13.9. The van der Waals surface area contributed by atoms with E-state index in [1.807, 2.05) is 24.8 Å². The number of hydrogen-bond acceptors (Lipinski definition) is 2. The van der Waals surface area contributed by atoms with Crippen LogP contribution in [-0.2, 0) is 0 Å². The lowest BCUT2D eigenvalue weighted by atomic mass is 9.95. The van der Waals surface area contributed by atoms with Crippen molar-refractivity contribution in [2.45, 2.75) is 40.7 Å². The maximum atomic E-state index is 12.5. The van der Waals surface area contributed by atoms with E-state index >= 15 is 0 Å². The molecular weight excluding hydrogens is 292 g/mol. The molecule has 18 heavy (non-hydrogen) atoms. The van der Waals surface area contributed by atoms with Crippen LogP contribution in [0.4, 0.5) is 0 Å². The van der Waals surface area contributed by atoms with Gasteiger partial charge in [0.25, 0.3) is 5.91 Å². The average Bonchev–Trinajstić information content (AvgIpc) is 2.23. The summed E-state index contributed by atoms with van der Waals surface area (Å²) >= 11 is 3.34. The lowest BCUT2D eigenvalue weighted by Crippen LogP contribution is -2.42. The first kappa shape index (κ1) is 15.2. The third-order valence-corrected chi connectivity index (χ3v) is 2.91. The number of halogens is 1. The van der Waals surface area contributed by atoms with Gasteiger partial charge in [-0.15, -0.1) is 0 Å². The molecule has 0 fully saturated rings. The van der Waals surface area contributed by atoms with Gasteiger partial charge in [0.2, 0.25) is 0 Å². The van der Waals surface area contributed by atoms with Crippen LogP contribution in [-0.4, -0.2) is 28.4 Å². The topological polar surface area (TPSA) is 33.2 Å². The second-order valence-corrected chi connectivity index (χ2v) is 6.89. The SMILES string of the molecule is CC(C)N(CC(C)(C)C)C(=O)c1cncc(Br)c1. The molecule has 0 atom stereocenters. The molecule has 0 aliphatic heterocycles. The molecule has 0 saturated heterocycles. The fourth-order valence-corrected chi connectivity index (χ4v) is 2.06. The number of aromatic nitrogens is 1. The standard InChI is InChI=1S/C14H21BrN2O/c1-10(2)17(9-14(3,4)5)13(18)11-6-12(15)8-16-7-11/h6-8,10H,9H2,1-5H3. The Bertz CT molecular complexity index is 424. The second kappa shape index (κ2) is 5.83. The normalized spacial score (nSPS) is 11.7. The van der Waals surface area contributed by atoms with Crippen LogP contribution >= 0.6 is 15.9 Å². The smallest absolute Gasteiger partial charge is 0.255 e. The summed E-state index contributed by atoms with van der Waals surface area (Å²) in [5, 5.41) is 0. The summed E-state index contributed by atoms with van der Waals surface area (Å²) in [6.45, 7) is 11.2. The fourth-order valence-electron chi connectivity index (χ4n) is 1.69. The van der Waals surface area contributed by atoms with Crippen molar-refractivity contribution < 1.29 is 4.79 Å². The first-order valence-corrected chi connectivity index (χ1v) is 6.91. The molecule has 3 nitrogen and oxygen atoms in total. The molecular formula is C14H21BrN2O. The molecule has 0 bridgehead atoms. The highest BCUT2D eigenvalue weighted by Crippen LogP contribution is 2.20. The van der Waals surface area contributed by atoms with Crippen molar-refractivity contribution >= 4 is 21.8 Å². The molecule has 0 aromatic carbocycles. The molecule has 0 aliphatic carbocycles. The molecule has 1 aromatic heterocycles. The monoisotopic (exact) mass is 312 g/mol. The van der Waals surface area contributed by atoms with Crippen LogP contribution in [0.25, 0.3) is 0 Å². The quantitative estimate of drug-likeness (QED) is 0.851. The van der Waals surface area contributed by atoms with Crippen molar-refractivity contribution in [2.75, 3.05) is 6.54 Å². The molecule has 1 aromatic rings. The minimum atomic E-state index is 0.0359. The van der Waals surface area contributed by atoms with E-state index in [2.05, 4.69) is 41.7 Å². The van der Waals surface area contributed by atoms with Gasteiger partial charge in [-0.1, -0.05) is 20.8 Å². The Kier molecular flexibility index (Phi) is 4.91. The van der Waals surface area contributed by atoms with Gasteiger partial charge in [-0.2, -0.15) is 0 Å². The number of rotatable bonds is 3. The number of carbonyl (C=O) groups excluding carboxylic acids is 1. The van der Waals surface area contributed by atoms with Gasteiger partial charge in [-0.05, 0) is 41.3 Å². The predicted molar refractivity (Wildman–Crippen MR) is 77.6 cm³/mol. The maximum absolute atomic E-state index is 12.5. The van der Waals surface area contributed by atoms with Crippen LogP contribution in [0.15, 0.2) is 22.9 Å². The van der Waals surface area contributed by atoms with Crippen LogP contribution in [0.5, 0.6) is 0 Å². The van der Waals surface area contributed by atoms with Crippen LogP contribution < -0.4 is 0 Å². The van der Waals surface area contributed by atoms with Crippen molar-refractivity contribution in [3.05, 3.63) is 28.5 Å². The van der Waals surface area contributed by atoms with Gasteiger partial charge in [0.05, 0.1) is 5.56 Å². The van der Waals surface area contributed by atoms with Crippen molar-refractivity contribution in [2.24, 2.45) is 5.41 Å². The minimum Gasteiger partial charge on any atom is -0.336 e. The number of nitrogens with zero attached hydrogens (tertiary/aromatic N) is 2. The molecule has 4 heteroatoms. The summed E-state index contributed by atoms with van der Waals surface area (Å²) in [6, 6.07) is 1.99. The van der Waals surface area contributed by atoms with Crippen molar-refractivity contribution in [1.29, 1.82) is 0 Å². The highest BCUT2D eigenvalue weighted by atomic mass is 79.9. The van der Waals surface area contributed by atoms with Crippen LogP contribution in [0.3, 0.4) is 0 Å². The Hall–Kier alpha value is -0.900. The number of pyridine rings is 1. The Morgan fingerprint density at radius 2 is 2.00 bits per heavy atom. The van der Waals surface area contributed by atoms with Crippen molar-refractivity contribution in [3.8, 4) is 0 Å². The van der Waals surface area contributed by atoms with Gasteiger partial charge < -0.3 is 4.90 Å². The third kappa shape index (κ3) is 4.41. The van der Waals surface area contributed by atoms with E-state index in [0.29, 0.717) is 5.56 Å². The number of amides is 1. The Balaban J connectivity index is 2.97. The van der Waals surface area contributed by atoms with E-state index in [1.54, 1.807) is 12.4 Å². The predicted octanol–water partition coefficient (Wildman–Crippen LogP) is 3.74. The van der Waals surface area contributed by atoms with Crippen molar-refractivity contribution in [3.63, 3.8) is 0 Å². The average molecular weight is 313 g/mol. The Morgan fingerprint density at radius 1 is 1.39 bits per heavy atom. The van der Waals surface area contributed by atoms with Crippen LogP contribution in [0.2, 0.25) is 0 Å². The molecule has 0 N–H and O–H groups in total. The fraction of sp³-hybridized carbons (Fsp3) is 0.571. The number of carbonyl (C=O) groups is 1. The van der Waals surface area contributed by atoms with E-state index in [-0.39, 0.29) is 17.4 Å². The largest absolute Gasteiger partial charge is 0.336 e. The minimum absolute atomic E-state index is 0.0359. The van der Waals surface area contributed by atoms with E-state index in [1.165, 1.54) is 0 Å². The van der Waals surface area contributed by atoms with Gasteiger partial charge in [-0.3, -0.25) is 9.78 Å². The Labute approximate surface area is 118 Å². The van der Waals surface area contributed by atoms with Crippen LogP contribution in [0, 0.1) is 5.41 Å². The van der Waals surface area contributed by atoms with Gasteiger partial charge in [-0.25, -0.2) is 0 Å². The zero-order valence-electron chi connectivity index (χ0n) is 11.7. The first-order chi connectivity index (χ1) is 8.20. The van der Waals surface area contributed by atoms with Gasteiger partial charge >= 0.3 is 0 Å². The second-order valence-electron chi connectivity index (χ2n) is 5.98. The maximum Gasteiger partial charge on any atom is 0.255 e. The van der Waals surface area contributed by atoms with E-state index in [4.69, 9.17) is 0 Å². The zero-order valence-corrected chi connectivity index (χ0v) is 13.3. The van der Waals surface area contributed by atoms with Crippen molar-refractivity contribution in [1.82, 2.24) is 9.88 Å². The van der Waals surface area contributed by atoms with Gasteiger partial charge in [0.1, 0.15) is 0 Å². The summed E-state index contributed by atoms with van der Waals surface area (Å²) in [7, 11) is 0. The lowest BCUT2D eigenvalue weighted by Gasteiger charge is -2.33. The molecule has 0 unspecified atom stereocenters. The molecule has 0 radical (unpaired) electrons. The first-order valence-electron chi connectivity index (χ1n) is 6.12. The summed E-state index contributed by atoms with van der Waals surface area (Å²) in [6.07, 6.45) is 3.30. The molecule has 100 valence electrons. The van der Waals surface area contributed by atoms with E-state index in [0.717, 1.165) is 11.0 Å². The summed E-state index contributed by atoms with van der Waals surface area (Å²) in [4.78, 5) is 18.4. The highest BCUT2D eigenvalue weighted by Gasteiger charge is 2.24. The molecule has 1 heterocycles. The molecule has 1 amide bonds. The van der Waals surface area contributed by atoms with E-state index < -0.39 is 0 Å². The third-order valence-electron chi connectivity index (χ3n) is 2.48. The molecule has 0 saturated carbocycles. The summed E-state index contributed by atoms with van der Waals surface area (Å²) in [5.41, 5.74) is 0.710. The lowest BCUT2D eigenvalue weighted by molar-refractivity contribution is 0.0632. The molecule has 0 aliphatic rings. The summed E-state index contributed by atoms with van der Waals surface area (Å²) < 4.78 is 0.827. The Morgan fingerprint density at radius 3 is 2.44 bits per heavy atom. The number of hydrogen-bond donors (Lipinski definition) is 0. The molecule has 0 spiro atoms. The molecule has 1 rings (SSSR count). The van der Waals surface area contributed by atoms with Gasteiger partial charge in [0, 0.05) is 29.5 Å². The van der Waals surface area contributed by atoms with Gasteiger partial charge in [0.15, 0.2) is 0 Å². The van der Waals surface area contributed by atoms with E-state index in [9.17, 15) is 4.79 Å².